The molecule has 2 rings (SSSR count). The zero-order valence-electron chi connectivity index (χ0n) is 10.1. The molecule has 0 radical (unpaired) electrons. The van der Waals surface area contributed by atoms with Gasteiger partial charge in [0.1, 0.15) is 5.54 Å². The molecule has 5 nitrogen and oxygen atoms in total. The van der Waals surface area contributed by atoms with Crippen molar-refractivity contribution in [3.63, 3.8) is 0 Å². The highest BCUT2D eigenvalue weighted by Crippen LogP contribution is 2.39. The molecule has 1 unspecified atom stereocenters. The van der Waals surface area contributed by atoms with Crippen LogP contribution in [0.2, 0.25) is 0 Å². The summed E-state index contributed by atoms with van der Waals surface area (Å²) < 4.78 is 0. The number of carbonyl (C=O) groups is 2. The summed E-state index contributed by atoms with van der Waals surface area (Å²) in [7, 11) is 0. The van der Waals surface area contributed by atoms with Crippen LogP contribution in [0.5, 0.6) is 0 Å². The van der Waals surface area contributed by atoms with E-state index in [0.29, 0.717) is 11.3 Å². The van der Waals surface area contributed by atoms with E-state index in [1.165, 1.54) is 6.07 Å². The molecule has 1 amide bonds. The molecule has 1 aliphatic rings. The number of nitrogens with two attached hydrogens (primary N) is 1. The van der Waals surface area contributed by atoms with E-state index in [9.17, 15) is 14.7 Å². The summed E-state index contributed by atoms with van der Waals surface area (Å²) in [6.45, 7) is 1.55. The molecule has 0 heterocycles. The summed E-state index contributed by atoms with van der Waals surface area (Å²) in [5.74, 6) is -1.39. The van der Waals surface area contributed by atoms with E-state index in [1.807, 2.05) is 0 Å². The minimum Gasteiger partial charge on any atom is -0.480 e. The molecule has 0 aliphatic heterocycles. The van der Waals surface area contributed by atoms with Crippen LogP contribution >= 0.6 is 0 Å². The van der Waals surface area contributed by atoms with Crippen LogP contribution in [0.15, 0.2) is 24.3 Å². The summed E-state index contributed by atoms with van der Waals surface area (Å²) >= 11 is 0. The lowest BCUT2D eigenvalue weighted by Gasteiger charge is -2.26. The molecule has 0 saturated heterocycles. The Labute approximate surface area is 105 Å². The standard InChI is InChI=1S/C13H16N2O3/c1-13(12(17)18,9-5-6-9)15-11(16)8-3-2-4-10(14)7-8/h2-4,7,9H,5-6,14H2,1H3,(H,15,16)(H,17,18). The molecule has 0 spiro atoms. The first-order chi connectivity index (χ1) is 8.43. The molecule has 1 saturated carbocycles. The van der Waals surface area contributed by atoms with Crippen LogP contribution in [-0.2, 0) is 4.79 Å². The van der Waals surface area contributed by atoms with Crippen molar-refractivity contribution in [2.24, 2.45) is 5.92 Å². The molecule has 1 aliphatic carbocycles. The molecule has 1 atom stereocenters. The predicted molar refractivity (Wildman–Crippen MR) is 67.1 cm³/mol. The second-order valence-corrected chi connectivity index (χ2v) is 4.86. The fourth-order valence-electron chi connectivity index (χ4n) is 1.98. The number of nitrogen functional groups attached to an aromatic ring is 1. The second kappa shape index (κ2) is 4.33. The van der Waals surface area contributed by atoms with Crippen molar-refractivity contribution >= 4 is 17.6 Å². The number of rotatable bonds is 4. The van der Waals surface area contributed by atoms with E-state index in [4.69, 9.17) is 5.73 Å². The van der Waals surface area contributed by atoms with Crippen LogP contribution in [0.4, 0.5) is 5.69 Å². The van der Waals surface area contributed by atoms with E-state index < -0.39 is 17.4 Å². The molecule has 1 aromatic carbocycles. The first-order valence-corrected chi connectivity index (χ1v) is 5.85. The lowest BCUT2D eigenvalue weighted by molar-refractivity contribution is -0.144. The Hall–Kier alpha value is -2.04. The minimum absolute atomic E-state index is 0.0139. The Morgan fingerprint density at radius 2 is 2.11 bits per heavy atom. The van der Waals surface area contributed by atoms with Gasteiger partial charge < -0.3 is 16.2 Å². The number of hydrogen-bond donors (Lipinski definition) is 3. The number of carbonyl (C=O) groups excluding carboxylic acids is 1. The normalized spacial score (nSPS) is 17.8. The van der Waals surface area contributed by atoms with Crippen molar-refractivity contribution in [1.29, 1.82) is 0 Å². The van der Waals surface area contributed by atoms with Crippen molar-refractivity contribution in [3.8, 4) is 0 Å². The molecule has 1 fully saturated rings. The van der Waals surface area contributed by atoms with Gasteiger partial charge in [-0.05, 0) is 43.9 Å². The zero-order chi connectivity index (χ0) is 13.3. The molecule has 0 aromatic heterocycles. The maximum atomic E-state index is 12.0. The summed E-state index contributed by atoms with van der Waals surface area (Å²) in [6, 6.07) is 6.49. The van der Waals surface area contributed by atoms with E-state index in [-0.39, 0.29) is 5.92 Å². The van der Waals surface area contributed by atoms with Crippen LogP contribution in [0.3, 0.4) is 0 Å². The van der Waals surface area contributed by atoms with Gasteiger partial charge in [0.25, 0.3) is 5.91 Å². The Morgan fingerprint density at radius 1 is 1.44 bits per heavy atom. The SMILES string of the molecule is CC(NC(=O)c1cccc(N)c1)(C(=O)O)C1CC1. The summed E-state index contributed by atoms with van der Waals surface area (Å²) in [4.78, 5) is 23.3. The van der Waals surface area contributed by atoms with E-state index >= 15 is 0 Å². The lowest BCUT2D eigenvalue weighted by atomic mass is 9.95. The number of anilines is 1. The van der Waals surface area contributed by atoms with Gasteiger partial charge in [-0.2, -0.15) is 0 Å². The molecular weight excluding hydrogens is 232 g/mol. The number of benzene rings is 1. The van der Waals surface area contributed by atoms with E-state index in [1.54, 1.807) is 25.1 Å². The third kappa shape index (κ3) is 2.30. The first kappa shape index (κ1) is 12.4. The van der Waals surface area contributed by atoms with E-state index in [2.05, 4.69) is 5.32 Å². The average molecular weight is 248 g/mol. The monoisotopic (exact) mass is 248 g/mol. The third-order valence-electron chi connectivity index (χ3n) is 3.36. The highest BCUT2D eigenvalue weighted by atomic mass is 16.4. The molecule has 96 valence electrons. The van der Waals surface area contributed by atoms with Crippen LogP contribution < -0.4 is 11.1 Å². The third-order valence-corrected chi connectivity index (χ3v) is 3.36. The highest BCUT2D eigenvalue weighted by Gasteiger charge is 2.48. The van der Waals surface area contributed by atoms with Gasteiger partial charge in [0.05, 0.1) is 0 Å². The Bertz CT molecular complexity index is 497. The molecule has 4 N–H and O–H groups in total. The number of hydrogen-bond acceptors (Lipinski definition) is 3. The summed E-state index contributed by atoms with van der Waals surface area (Å²) in [5.41, 5.74) is 5.26. The largest absolute Gasteiger partial charge is 0.480 e. The highest BCUT2D eigenvalue weighted by molar-refractivity contribution is 5.98. The fourth-order valence-corrected chi connectivity index (χ4v) is 1.98. The number of aliphatic carboxylic acids is 1. The number of nitrogens with one attached hydrogen (secondary N) is 1. The fraction of sp³-hybridized carbons (Fsp3) is 0.385. The number of amides is 1. The lowest BCUT2D eigenvalue weighted by Crippen LogP contribution is -2.54. The van der Waals surface area contributed by atoms with Gasteiger partial charge in [-0.1, -0.05) is 6.07 Å². The molecule has 18 heavy (non-hydrogen) atoms. The molecule has 5 heteroatoms. The van der Waals surface area contributed by atoms with Gasteiger partial charge in [0.15, 0.2) is 0 Å². The molecule has 0 bridgehead atoms. The topological polar surface area (TPSA) is 92.4 Å². The second-order valence-electron chi connectivity index (χ2n) is 4.86. The van der Waals surface area contributed by atoms with Crippen molar-refractivity contribution in [2.45, 2.75) is 25.3 Å². The number of carboxylic acids is 1. The van der Waals surface area contributed by atoms with Crippen LogP contribution in [0.1, 0.15) is 30.1 Å². The van der Waals surface area contributed by atoms with Crippen LogP contribution in [0, 0.1) is 5.92 Å². The first-order valence-electron chi connectivity index (χ1n) is 5.85. The minimum atomic E-state index is -1.19. The van der Waals surface area contributed by atoms with Gasteiger partial charge in [-0.15, -0.1) is 0 Å². The quantitative estimate of drug-likeness (QED) is 0.699. The van der Waals surface area contributed by atoms with Crippen molar-refractivity contribution < 1.29 is 14.7 Å². The Morgan fingerprint density at radius 3 is 2.61 bits per heavy atom. The maximum Gasteiger partial charge on any atom is 0.329 e. The summed E-state index contributed by atoms with van der Waals surface area (Å²) in [6.07, 6.45) is 1.67. The molecular formula is C13H16N2O3. The van der Waals surface area contributed by atoms with Crippen molar-refractivity contribution in [2.75, 3.05) is 5.73 Å². The Kier molecular flexibility index (Phi) is 2.98. The van der Waals surface area contributed by atoms with Crippen molar-refractivity contribution in [1.82, 2.24) is 5.32 Å². The van der Waals surface area contributed by atoms with Gasteiger partial charge in [-0.3, -0.25) is 4.79 Å². The Balaban J connectivity index is 2.17. The summed E-state index contributed by atoms with van der Waals surface area (Å²) in [5, 5.41) is 11.9. The van der Waals surface area contributed by atoms with E-state index in [0.717, 1.165) is 12.8 Å². The van der Waals surface area contributed by atoms with Crippen LogP contribution in [0.25, 0.3) is 0 Å². The predicted octanol–water partition coefficient (Wildman–Crippen LogP) is 1.25. The van der Waals surface area contributed by atoms with Gasteiger partial charge in [0, 0.05) is 11.3 Å². The van der Waals surface area contributed by atoms with Gasteiger partial charge in [-0.25, -0.2) is 4.79 Å². The van der Waals surface area contributed by atoms with Crippen LogP contribution in [-0.4, -0.2) is 22.5 Å². The average Bonchev–Trinajstić information content (AvgIpc) is 3.12. The maximum absolute atomic E-state index is 12.0. The molecule has 1 aromatic rings. The van der Waals surface area contributed by atoms with Gasteiger partial charge in [0.2, 0.25) is 0 Å². The number of carboxylic acid groups (broad SMARTS) is 1. The zero-order valence-corrected chi connectivity index (χ0v) is 10.1. The van der Waals surface area contributed by atoms with Crippen molar-refractivity contribution in [3.05, 3.63) is 29.8 Å². The van der Waals surface area contributed by atoms with Gasteiger partial charge >= 0.3 is 5.97 Å². The smallest absolute Gasteiger partial charge is 0.329 e.